The maximum absolute atomic E-state index is 12.6. The minimum absolute atomic E-state index is 0.131. The van der Waals surface area contributed by atoms with Gasteiger partial charge in [0.1, 0.15) is 19.3 Å². The van der Waals surface area contributed by atoms with Crippen molar-refractivity contribution in [1.82, 2.24) is 5.32 Å². The largest absolute Gasteiger partial charge is 0.459 e. The van der Waals surface area contributed by atoms with Crippen LogP contribution in [-0.2, 0) is 34.0 Å². The van der Waals surface area contributed by atoms with Crippen molar-refractivity contribution in [3.05, 3.63) is 102 Å². The molecule has 3 rings (SSSR count). The number of hydrogen-bond donors (Lipinski definition) is 1. The summed E-state index contributed by atoms with van der Waals surface area (Å²) >= 11 is 0. The van der Waals surface area contributed by atoms with E-state index in [0.717, 1.165) is 11.1 Å². The average Bonchev–Trinajstić information content (AvgIpc) is 2.81. The van der Waals surface area contributed by atoms with E-state index in [1.807, 2.05) is 95.8 Å². The molecule has 1 heterocycles. The fraction of sp³-hybridized carbons (Fsp3) is 0.208. The molecule has 0 saturated carbocycles. The Labute approximate surface area is 176 Å². The molecule has 1 aromatic heterocycles. The number of aryl methyl sites for hydroxylation is 1. The smallest absolute Gasteiger partial charge is 0.408 e. The van der Waals surface area contributed by atoms with E-state index >= 15 is 0 Å². The Balaban J connectivity index is 1.57. The summed E-state index contributed by atoms with van der Waals surface area (Å²) in [5.74, 6) is -0.493. The van der Waals surface area contributed by atoms with Crippen LogP contribution in [0.2, 0.25) is 0 Å². The number of carbonyl (C=O) groups is 2. The highest BCUT2D eigenvalue weighted by Crippen LogP contribution is 2.05. The Morgan fingerprint density at radius 1 is 0.767 bits per heavy atom. The summed E-state index contributed by atoms with van der Waals surface area (Å²) in [6, 6.07) is 23.7. The normalized spacial score (nSPS) is 11.3. The van der Waals surface area contributed by atoms with Crippen LogP contribution in [0.15, 0.2) is 91.3 Å². The molecule has 1 atom stereocenters. The molecule has 154 valence electrons. The standard InChI is InChI=1S/C24H24N2O4/c27-23(29-18-20-10-4-1-5-11-20)22(14-17-26-15-8-3-9-16-26)25-24(28)30-19-21-12-6-2-7-13-21/h1-13,15-16,22H,14,17-19H2/p+1/t22-/m0/s1. The molecule has 3 aromatic rings. The summed E-state index contributed by atoms with van der Waals surface area (Å²) in [6.45, 7) is 0.826. The van der Waals surface area contributed by atoms with E-state index in [1.54, 1.807) is 0 Å². The number of nitrogens with zero attached hydrogens (tertiary/aromatic N) is 1. The molecule has 0 saturated heterocycles. The highest BCUT2D eigenvalue weighted by atomic mass is 16.6. The van der Waals surface area contributed by atoms with Gasteiger partial charge in [0.2, 0.25) is 0 Å². The van der Waals surface area contributed by atoms with Crippen molar-refractivity contribution in [1.29, 1.82) is 0 Å². The van der Waals surface area contributed by atoms with Gasteiger partial charge in [0.25, 0.3) is 0 Å². The molecule has 6 heteroatoms. The van der Waals surface area contributed by atoms with E-state index in [9.17, 15) is 9.59 Å². The lowest BCUT2D eigenvalue weighted by Gasteiger charge is -2.16. The number of alkyl carbamates (subject to hydrolysis) is 1. The summed E-state index contributed by atoms with van der Waals surface area (Å²) in [5.41, 5.74) is 1.75. The van der Waals surface area contributed by atoms with Gasteiger partial charge in [-0.15, -0.1) is 0 Å². The third-order valence-electron chi connectivity index (χ3n) is 4.47. The first-order valence-electron chi connectivity index (χ1n) is 9.82. The van der Waals surface area contributed by atoms with Crippen LogP contribution in [0.4, 0.5) is 4.79 Å². The van der Waals surface area contributed by atoms with Crippen molar-refractivity contribution >= 4 is 12.1 Å². The van der Waals surface area contributed by atoms with Crippen molar-refractivity contribution in [2.24, 2.45) is 0 Å². The molecular formula is C24H25N2O4+. The number of nitrogens with one attached hydrogen (secondary N) is 1. The fourth-order valence-corrected chi connectivity index (χ4v) is 2.85. The Morgan fingerprint density at radius 2 is 1.30 bits per heavy atom. The molecular weight excluding hydrogens is 380 g/mol. The summed E-state index contributed by atoms with van der Waals surface area (Å²) < 4.78 is 12.6. The predicted molar refractivity (Wildman–Crippen MR) is 111 cm³/mol. The van der Waals surface area contributed by atoms with Crippen LogP contribution < -0.4 is 9.88 Å². The molecule has 0 aliphatic carbocycles. The number of pyridine rings is 1. The number of aromatic nitrogens is 1. The van der Waals surface area contributed by atoms with Crippen LogP contribution in [0.5, 0.6) is 0 Å². The lowest BCUT2D eigenvalue weighted by molar-refractivity contribution is -0.697. The van der Waals surface area contributed by atoms with E-state index in [2.05, 4.69) is 5.32 Å². The molecule has 0 bridgehead atoms. The molecule has 0 spiro atoms. The molecule has 0 aliphatic heterocycles. The van der Waals surface area contributed by atoms with E-state index in [-0.39, 0.29) is 13.2 Å². The topological polar surface area (TPSA) is 68.5 Å². The molecule has 1 N–H and O–H groups in total. The van der Waals surface area contributed by atoms with Crippen LogP contribution >= 0.6 is 0 Å². The van der Waals surface area contributed by atoms with E-state index in [0.29, 0.717) is 13.0 Å². The number of amides is 1. The first kappa shape index (κ1) is 21.0. The molecule has 1 amide bonds. The Bertz CT molecular complexity index is 918. The SMILES string of the molecule is O=C(N[C@@H](CC[n+]1ccccc1)C(=O)OCc1ccccc1)OCc1ccccc1. The second-order valence-electron chi connectivity index (χ2n) is 6.75. The van der Waals surface area contributed by atoms with Gasteiger partial charge in [-0.05, 0) is 11.1 Å². The number of hydrogen-bond acceptors (Lipinski definition) is 4. The zero-order chi connectivity index (χ0) is 21.0. The number of esters is 1. The zero-order valence-corrected chi connectivity index (χ0v) is 16.6. The first-order chi connectivity index (χ1) is 14.7. The van der Waals surface area contributed by atoms with Crippen LogP contribution in [0.25, 0.3) is 0 Å². The van der Waals surface area contributed by atoms with Gasteiger partial charge in [-0.1, -0.05) is 66.7 Å². The maximum atomic E-state index is 12.6. The van der Waals surface area contributed by atoms with Crippen molar-refractivity contribution in [2.75, 3.05) is 0 Å². The van der Waals surface area contributed by atoms with Gasteiger partial charge in [-0.3, -0.25) is 0 Å². The molecule has 0 radical (unpaired) electrons. The van der Waals surface area contributed by atoms with Gasteiger partial charge < -0.3 is 14.8 Å². The lowest BCUT2D eigenvalue weighted by atomic mass is 10.2. The van der Waals surface area contributed by atoms with Gasteiger partial charge in [-0.2, -0.15) is 0 Å². The molecule has 30 heavy (non-hydrogen) atoms. The third-order valence-corrected chi connectivity index (χ3v) is 4.47. The second-order valence-corrected chi connectivity index (χ2v) is 6.75. The molecule has 2 aromatic carbocycles. The molecule has 0 unspecified atom stereocenters. The monoisotopic (exact) mass is 405 g/mol. The quantitative estimate of drug-likeness (QED) is 0.438. The highest BCUT2D eigenvalue weighted by molar-refractivity contribution is 5.81. The van der Waals surface area contributed by atoms with Crippen LogP contribution in [0, 0.1) is 0 Å². The van der Waals surface area contributed by atoms with E-state index < -0.39 is 18.1 Å². The van der Waals surface area contributed by atoms with E-state index in [1.165, 1.54) is 0 Å². The summed E-state index contributed by atoms with van der Waals surface area (Å²) in [5, 5.41) is 2.64. The minimum Gasteiger partial charge on any atom is -0.459 e. The second kappa shape index (κ2) is 11.4. The van der Waals surface area contributed by atoms with Gasteiger partial charge in [0.05, 0.1) is 0 Å². The van der Waals surface area contributed by atoms with Crippen LogP contribution in [-0.4, -0.2) is 18.1 Å². The maximum Gasteiger partial charge on any atom is 0.408 e. The number of ether oxygens (including phenoxy) is 2. The Hall–Kier alpha value is -3.67. The van der Waals surface area contributed by atoms with Gasteiger partial charge >= 0.3 is 12.1 Å². The first-order valence-corrected chi connectivity index (χ1v) is 9.82. The van der Waals surface area contributed by atoms with Crippen molar-refractivity contribution in [3.63, 3.8) is 0 Å². The zero-order valence-electron chi connectivity index (χ0n) is 16.6. The van der Waals surface area contributed by atoms with Crippen LogP contribution in [0.3, 0.4) is 0 Å². The van der Waals surface area contributed by atoms with Crippen molar-refractivity contribution in [3.8, 4) is 0 Å². The minimum atomic E-state index is -0.815. The van der Waals surface area contributed by atoms with Gasteiger partial charge in [-0.25, -0.2) is 14.2 Å². The van der Waals surface area contributed by atoms with Gasteiger partial charge in [0, 0.05) is 18.6 Å². The van der Waals surface area contributed by atoms with E-state index in [4.69, 9.17) is 9.47 Å². The Morgan fingerprint density at radius 3 is 1.90 bits per heavy atom. The highest BCUT2D eigenvalue weighted by Gasteiger charge is 2.24. The van der Waals surface area contributed by atoms with Gasteiger partial charge in [0.15, 0.2) is 18.9 Å². The number of rotatable bonds is 9. The van der Waals surface area contributed by atoms with Crippen molar-refractivity contribution < 1.29 is 23.6 Å². The third kappa shape index (κ3) is 7.05. The number of benzene rings is 2. The lowest BCUT2D eigenvalue weighted by Crippen LogP contribution is -2.45. The Kier molecular flexibility index (Phi) is 7.97. The summed E-state index contributed by atoms with van der Waals surface area (Å²) in [4.78, 5) is 24.9. The molecule has 0 fully saturated rings. The van der Waals surface area contributed by atoms with Crippen molar-refractivity contribution in [2.45, 2.75) is 32.2 Å². The fourth-order valence-electron chi connectivity index (χ4n) is 2.85. The molecule has 6 nitrogen and oxygen atoms in total. The predicted octanol–water partition coefficient (Wildman–Crippen LogP) is 3.40. The summed E-state index contributed by atoms with van der Waals surface area (Å²) in [6.07, 6.45) is 3.53. The average molecular weight is 405 g/mol. The van der Waals surface area contributed by atoms with Crippen LogP contribution in [0.1, 0.15) is 17.5 Å². The summed E-state index contributed by atoms with van der Waals surface area (Å²) in [7, 11) is 0. The number of carbonyl (C=O) groups excluding carboxylic acids is 2. The molecule has 0 aliphatic rings.